The monoisotopic (exact) mass is 243 g/mol. The second kappa shape index (κ2) is 4.91. The summed E-state index contributed by atoms with van der Waals surface area (Å²) in [5, 5.41) is 9.00. The summed E-state index contributed by atoms with van der Waals surface area (Å²) in [5.41, 5.74) is 2.36. The van der Waals surface area contributed by atoms with Crippen molar-refractivity contribution in [2.75, 3.05) is 0 Å². The van der Waals surface area contributed by atoms with Crippen molar-refractivity contribution >= 4 is 5.97 Å². The van der Waals surface area contributed by atoms with Crippen LogP contribution in [0.25, 0.3) is 11.3 Å². The Bertz CT molecular complexity index is 570. The third-order valence-corrected chi connectivity index (χ3v) is 2.61. The van der Waals surface area contributed by atoms with E-state index in [1.807, 2.05) is 25.1 Å². The van der Waals surface area contributed by atoms with E-state index < -0.39 is 11.9 Å². The van der Waals surface area contributed by atoms with E-state index in [-0.39, 0.29) is 0 Å². The number of carboxylic acids is 1. The lowest BCUT2D eigenvalue weighted by molar-refractivity contribution is -0.138. The van der Waals surface area contributed by atoms with E-state index in [4.69, 9.17) is 5.11 Å². The van der Waals surface area contributed by atoms with Crippen LogP contribution in [0.2, 0.25) is 0 Å². The zero-order valence-corrected chi connectivity index (χ0v) is 10.2. The Kier molecular flexibility index (Phi) is 3.32. The lowest BCUT2D eigenvalue weighted by Gasteiger charge is -2.08. The second-order valence-corrected chi connectivity index (χ2v) is 4.05. The molecule has 0 bridgehead atoms. The summed E-state index contributed by atoms with van der Waals surface area (Å²) in [6.45, 7) is 3.40. The molecule has 0 aliphatic rings. The summed E-state index contributed by atoms with van der Waals surface area (Å²) < 4.78 is 0. The van der Waals surface area contributed by atoms with Crippen molar-refractivity contribution in [1.29, 1.82) is 0 Å². The van der Waals surface area contributed by atoms with E-state index in [1.165, 1.54) is 0 Å². The van der Waals surface area contributed by atoms with E-state index >= 15 is 0 Å². The first-order chi connectivity index (χ1) is 8.58. The van der Waals surface area contributed by atoms with Gasteiger partial charge in [0.05, 0.1) is 5.69 Å². The van der Waals surface area contributed by atoms with Gasteiger partial charge in [-0.15, -0.1) is 0 Å². The maximum Gasteiger partial charge on any atom is 0.313 e. The average molecular weight is 243 g/mol. The van der Waals surface area contributed by atoms with Crippen LogP contribution in [0.15, 0.2) is 30.6 Å². The quantitative estimate of drug-likeness (QED) is 0.892. The van der Waals surface area contributed by atoms with Gasteiger partial charge in [0.1, 0.15) is 11.7 Å². The molecule has 0 saturated heterocycles. The average Bonchev–Trinajstić information content (AvgIpc) is 2.38. The minimum Gasteiger partial charge on any atom is -0.481 e. The van der Waals surface area contributed by atoms with Crippen molar-refractivity contribution in [2.45, 2.75) is 19.8 Å². The van der Waals surface area contributed by atoms with Crippen molar-refractivity contribution in [3.8, 4) is 11.3 Å². The molecule has 2 aromatic heterocycles. The van der Waals surface area contributed by atoms with Crippen LogP contribution >= 0.6 is 0 Å². The van der Waals surface area contributed by atoms with Gasteiger partial charge < -0.3 is 5.11 Å². The molecule has 0 radical (unpaired) electrons. The summed E-state index contributed by atoms with van der Waals surface area (Å²) in [6, 6.07) is 5.49. The Balaban J connectivity index is 2.48. The maximum absolute atomic E-state index is 11.0. The third kappa shape index (κ3) is 2.51. The number of hydrogen-bond donors (Lipinski definition) is 1. The van der Waals surface area contributed by atoms with Gasteiger partial charge in [-0.25, -0.2) is 9.97 Å². The van der Waals surface area contributed by atoms with E-state index in [9.17, 15) is 4.79 Å². The van der Waals surface area contributed by atoms with Crippen LogP contribution in [0.4, 0.5) is 0 Å². The summed E-state index contributed by atoms with van der Waals surface area (Å²) in [7, 11) is 0. The predicted octanol–water partition coefficient (Wildman–Crippen LogP) is 2.04. The topological polar surface area (TPSA) is 76.0 Å². The lowest BCUT2D eigenvalue weighted by atomic mass is 10.1. The molecule has 5 heteroatoms. The molecular formula is C13H13N3O2. The van der Waals surface area contributed by atoms with Crippen LogP contribution in [0.5, 0.6) is 0 Å². The number of rotatable bonds is 3. The summed E-state index contributed by atoms with van der Waals surface area (Å²) in [5.74, 6) is -1.32. The van der Waals surface area contributed by atoms with Gasteiger partial charge in [-0.2, -0.15) is 0 Å². The highest BCUT2D eigenvalue weighted by Crippen LogP contribution is 2.19. The SMILES string of the molecule is Cc1cc(-c2ccncc2)nc(C(C)C(=O)O)n1. The predicted molar refractivity (Wildman–Crippen MR) is 66.1 cm³/mol. The molecule has 0 aliphatic carbocycles. The Morgan fingerprint density at radius 1 is 1.28 bits per heavy atom. The normalized spacial score (nSPS) is 12.1. The molecule has 1 atom stereocenters. The molecule has 92 valence electrons. The van der Waals surface area contributed by atoms with Crippen LogP contribution in [-0.4, -0.2) is 26.0 Å². The minimum atomic E-state index is -0.929. The number of carboxylic acid groups (broad SMARTS) is 1. The van der Waals surface area contributed by atoms with Crippen LogP contribution in [0.3, 0.4) is 0 Å². The highest BCUT2D eigenvalue weighted by atomic mass is 16.4. The smallest absolute Gasteiger partial charge is 0.313 e. The van der Waals surface area contributed by atoms with Gasteiger partial charge in [-0.1, -0.05) is 0 Å². The molecule has 5 nitrogen and oxygen atoms in total. The number of carbonyl (C=O) groups is 1. The summed E-state index contributed by atoms with van der Waals surface area (Å²) in [4.78, 5) is 23.4. The Morgan fingerprint density at radius 2 is 1.94 bits per heavy atom. The van der Waals surface area contributed by atoms with Gasteiger partial charge in [0.2, 0.25) is 0 Å². The molecule has 1 N–H and O–H groups in total. The van der Waals surface area contributed by atoms with Gasteiger partial charge >= 0.3 is 5.97 Å². The Hall–Kier alpha value is -2.30. The maximum atomic E-state index is 11.0. The highest BCUT2D eigenvalue weighted by Gasteiger charge is 2.18. The first-order valence-corrected chi connectivity index (χ1v) is 5.56. The van der Waals surface area contributed by atoms with Gasteiger partial charge in [-0.3, -0.25) is 9.78 Å². The zero-order chi connectivity index (χ0) is 13.1. The number of pyridine rings is 1. The number of aliphatic carboxylic acids is 1. The van der Waals surface area contributed by atoms with Crippen LogP contribution in [0.1, 0.15) is 24.4 Å². The fourth-order valence-corrected chi connectivity index (χ4v) is 1.57. The third-order valence-electron chi connectivity index (χ3n) is 2.61. The molecule has 0 saturated carbocycles. The molecule has 0 fully saturated rings. The summed E-state index contributed by atoms with van der Waals surface area (Å²) >= 11 is 0. The molecule has 18 heavy (non-hydrogen) atoms. The van der Waals surface area contributed by atoms with E-state index in [0.717, 1.165) is 11.3 Å². The van der Waals surface area contributed by atoms with Crippen LogP contribution in [0, 0.1) is 6.92 Å². The van der Waals surface area contributed by atoms with Gasteiger partial charge in [-0.05, 0) is 32.0 Å². The van der Waals surface area contributed by atoms with Crippen molar-refractivity contribution in [1.82, 2.24) is 15.0 Å². The number of hydrogen-bond acceptors (Lipinski definition) is 4. The zero-order valence-electron chi connectivity index (χ0n) is 10.2. The molecule has 2 heterocycles. The van der Waals surface area contributed by atoms with Crippen molar-refractivity contribution < 1.29 is 9.90 Å². The lowest BCUT2D eigenvalue weighted by Crippen LogP contribution is -2.12. The molecular weight excluding hydrogens is 230 g/mol. The van der Waals surface area contributed by atoms with Gasteiger partial charge in [0.15, 0.2) is 0 Å². The van der Waals surface area contributed by atoms with Gasteiger partial charge in [0.25, 0.3) is 0 Å². The fourth-order valence-electron chi connectivity index (χ4n) is 1.57. The molecule has 0 aliphatic heterocycles. The molecule has 0 amide bonds. The largest absolute Gasteiger partial charge is 0.481 e. The highest BCUT2D eigenvalue weighted by molar-refractivity contribution is 5.74. The molecule has 2 rings (SSSR count). The first kappa shape index (κ1) is 12.2. The Labute approximate surface area is 105 Å². The fraction of sp³-hybridized carbons (Fsp3) is 0.231. The van der Waals surface area contributed by atoms with E-state index in [2.05, 4.69) is 15.0 Å². The number of aromatic nitrogens is 3. The summed E-state index contributed by atoms with van der Waals surface area (Å²) in [6.07, 6.45) is 3.35. The van der Waals surface area contributed by atoms with Crippen molar-refractivity contribution in [3.63, 3.8) is 0 Å². The van der Waals surface area contributed by atoms with Crippen LogP contribution in [-0.2, 0) is 4.79 Å². The molecule has 0 spiro atoms. The number of aryl methyl sites for hydroxylation is 1. The van der Waals surface area contributed by atoms with E-state index in [1.54, 1.807) is 19.3 Å². The standard InChI is InChI=1S/C13H13N3O2/c1-8-7-11(10-3-5-14-6-4-10)16-12(15-8)9(2)13(17)18/h3-7,9H,1-2H3,(H,17,18). The number of nitrogens with zero attached hydrogens (tertiary/aromatic N) is 3. The molecule has 1 unspecified atom stereocenters. The van der Waals surface area contributed by atoms with Crippen molar-refractivity contribution in [3.05, 3.63) is 42.1 Å². The Morgan fingerprint density at radius 3 is 2.56 bits per heavy atom. The van der Waals surface area contributed by atoms with E-state index in [0.29, 0.717) is 11.5 Å². The van der Waals surface area contributed by atoms with Crippen molar-refractivity contribution in [2.24, 2.45) is 0 Å². The molecule has 2 aromatic rings. The first-order valence-electron chi connectivity index (χ1n) is 5.56. The van der Waals surface area contributed by atoms with Crippen LogP contribution < -0.4 is 0 Å². The minimum absolute atomic E-state index is 0.328. The second-order valence-electron chi connectivity index (χ2n) is 4.05. The molecule has 0 aromatic carbocycles. The van der Waals surface area contributed by atoms with Gasteiger partial charge in [0, 0.05) is 23.7 Å².